The number of carbonyl (C=O) groups excluding carboxylic acids is 3. The Labute approximate surface area is 115 Å². The normalized spacial score (nSPS) is 13.2. The molecule has 1 aromatic carbocycles. The Balaban J connectivity index is 2.55. The molecule has 0 aromatic heterocycles. The fourth-order valence-electron chi connectivity index (χ4n) is 1.58. The third-order valence-corrected chi connectivity index (χ3v) is 2.59. The Morgan fingerprint density at radius 3 is 2.40 bits per heavy atom. The summed E-state index contributed by atoms with van der Waals surface area (Å²) in [5.74, 6) is -1.18. The van der Waals surface area contributed by atoms with Crippen LogP contribution < -0.4 is 16.8 Å². The Kier molecular flexibility index (Phi) is 5.67. The summed E-state index contributed by atoms with van der Waals surface area (Å²) >= 11 is 0. The number of nitrogens with one attached hydrogen (secondary N) is 1. The lowest BCUT2D eigenvalue weighted by atomic mass is 10.1. The molecule has 0 fully saturated rings. The summed E-state index contributed by atoms with van der Waals surface area (Å²) in [6, 6.07) is 4.25. The average Bonchev–Trinajstić information content (AvgIpc) is 2.39. The van der Waals surface area contributed by atoms with Gasteiger partial charge in [-0.2, -0.15) is 0 Å². The van der Waals surface area contributed by atoms with Gasteiger partial charge in [-0.05, 0) is 24.1 Å². The molecule has 6 N–H and O–H groups in total. The molecular formula is C13H16N3O4. The van der Waals surface area contributed by atoms with E-state index in [1.807, 2.05) is 0 Å². The fraction of sp³-hybridized carbons (Fsp3) is 0.308. The van der Waals surface area contributed by atoms with Crippen molar-refractivity contribution >= 4 is 18.1 Å². The summed E-state index contributed by atoms with van der Waals surface area (Å²) in [7, 11) is 0. The van der Waals surface area contributed by atoms with Crippen molar-refractivity contribution in [3.8, 4) is 5.75 Å². The standard InChI is InChI=1S/C13H16N3O4/c14-11(5-8-1-3-10(18)4-2-8)13(20)16-9(7-17)6-12(15)19/h1-4,9,11,18H,5-6,14H2,(H2,15,19)(H,16,20)/t9-,11-/m0/s1. The molecule has 1 radical (unpaired) electrons. The van der Waals surface area contributed by atoms with Crippen LogP contribution in [0.3, 0.4) is 0 Å². The Hall–Kier alpha value is -2.41. The predicted octanol–water partition coefficient (Wildman–Crippen LogP) is -1.27. The van der Waals surface area contributed by atoms with E-state index in [2.05, 4.69) is 5.32 Å². The van der Waals surface area contributed by atoms with Crippen LogP contribution in [0.5, 0.6) is 5.75 Å². The number of rotatable bonds is 7. The molecule has 0 saturated heterocycles. The van der Waals surface area contributed by atoms with Crippen LogP contribution in [0, 0.1) is 0 Å². The van der Waals surface area contributed by atoms with Gasteiger partial charge in [0.15, 0.2) is 0 Å². The number of hydrogen-bond acceptors (Lipinski definition) is 5. The van der Waals surface area contributed by atoms with Crippen LogP contribution in [-0.4, -0.2) is 35.3 Å². The third-order valence-electron chi connectivity index (χ3n) is 2.59. The maximum Gasteiger partial charge on any atom is 0.237 e. The summed E-state index contributed by atoms with van der Waals surface area (Å²) in [4.78, 5) is 33.0. The van der Waals surface area contributed by atoms with Crippen molar-refractivity contribution < 1.29 is 19.5 Å². The van der Waals surface area contributed by atoms with Crippen molar-refractivity contribution in [3.05, 3.63) is 29.8 Å². The van der Waals surface area contributed by atoms with Gasteiger partial charge in [-0.3, -0.25) is 14.4 Å². The second-order valence-electron chi connectivity index (χ2n) is 4.33. The minimum atomic E-state index is -1.09. The highest BCUT2D eigenvalue weighted by molar-refractivity contribution is 5.87. The van der Waals surface area contributed by atoms with Gasteiger partial charge in [0.05, 0.1) is 12.5 Å². The predicted molar refractivity (Wildman–Crippen MR) is 71.2 cm³/mol. The van der Waals surface area contributed by atoms with E-state index in [0.717, 1.165) is 5.56 Å². The molecule has 2 atom stereocenters. The van der Waals surface area contributed by atoms with Crippen LogP contribution in [0.15, 0.2) is 24.3 Å². The highest BCUT2D eigenvalue weighted by atomic mass is 16.3. The minimum absolute atomic E-state index is 0.115. The molecular weight excluding hydrogens is 262 g/mol. The number of phenolic OH excluding ortho intramolecular Hbond substituents is 1. The van der Waals surface area contributed by atoms with Gasteiger partial charge < -0.3 is 21.9 Å². The highest BCUT2D eigenvalue weighted by Gasteiger charge is 2.20. The van der Waals surface area contributed by atoms with Crippen LogP contribution in [0.2, 0.25) is 0 Å². The van der Waals surface area contributed by atoms with Gasteiger partial charge in [-0.25, -0.2) is 0 Å². The summed E-state index contributed by atoms with van der Waals surface area (Å²) in [5, 5.41) is 11.4. The van der Waals surface area contributed by atoms with Crippen molar-refractivity contribution in [2.75, 3.05) is 0 Å². The van der Waals surface area contributed by atoms with Gasteiger partial charge in [-0.1, -0.05) is 12.1 Å². The van der Waals surface area contributed by atoms with E-state index >= 15 is 0 Å². The quantitative estimate of drug-likeness (QED) is 0.493. The topological polar surface area (TPSA) is 136 Å². The Morgan fingerprint density at radius 1 is 1.30 bits per heavy atom. The monoisotopic (exact) mass is 278 g/mol. The minimum Gasteiger partial charge on any atom is -0.508 e. The molecule has 2 amide bonds. The maximum atomic E-state index is 11.7. The first kappa shape index (κ1) is 15.6. The Bertz CT molecular complexity index is 487. The first-order valence-electron chi connectivity index (χ1n) is 5.92. The number of primary amides is 1. The summed E-state index contributed by atoms with van der Waals surface area (Å²) in [5.41, 5.74) is 11.4. The number of nitrogens with two attached hydrogens (primary N) is 2. The van der Waals surface area contributed by atoms with Gasteiger partial charge in [0.1, 0.15) is 11.8 Å². The maximum absolute atomic E-state index is 11.7. The number of amides is 2. The molecule has 7 heteroatoms. The third kappa shape index (κ3) is 5.07. The number of carbonyl (C=O) groups is 2. The molecule has 1 aromatic rings. The molecule has 107 valence electrons. The first-order valence-corrected chi connectivity index (χ1v) is 5.92. The van der Waals surface area contributed by atoms with Crippen LogP contribution in [-0.2, 0) is 20.8 Å². The lowest BCUT2D eigenvalue weighted by Gasteiger charge is -2.15. The highest BCUT2D eigenvalue weighted by Crippen LogP contribution is 2.10. The van der Waals surface area contributed by atoms with E-state index in [9.17, 15) is 14.4 Å². The van der Waals surface area contributed by atoms with Crippen LogP contribution in [0.1, 0.15) is 12.0 Å². The molecule has 20 heavy (non-hydrogen) atoms. The van der Waals surface area contributed by atoms with Gasteiger partial charge in [0.2, 0.25) is 18.1 Å². The summed E-state index contributed by atoms with van der Waals surface area (Å²) in [6.07, 6.45) is 1.43. The van der Waals surface area contributed by atoms with E-state index in [-0.39, 0.29) is 18.6 Å². The van der Waals surface area contributed by atoms with Crippen LogP contribution in [0.4, 0.5) is 0 Å². The van der Waals surface area contributed by atoms with Crippen molar-refractivity contribution in [1.29, 1.82) is 0 Å². The van der Waals surface area contributed by atoms with Crippen molar-refractivity contribution in [2.45, 2.75) is 24.9 Å². The van der Waals surface area contributed by atoms with E-state index in [0.29, 0.717) is 0 Å². The molecule has 0 unspecified atom stereocenters. The van der Waals surface area contributed by atoms with Crippen LogP contribution in [0.25, 0.3) is 0 Å². The summed E-state index contributed by atoms with van der Waals surface area (Å²) < 4.78 is 0. The van der Waals surface area contributed by atoms with E-state index < -0.39 is 23.9 Å². The van der Waals surface area contributed by atoms with Crippen LogP contribution >= 0.6 is 0 Å². The molecule has 0 aliphatic carbocycles. The van der Waals surface area contributed by atoms with Gasteiger partial charge in [0.25, 0.3) is 0 Å². The molecule has 0 saturated carbocycles. The van der Waals surface area contributed by atoms with E-state index in [1.165, 1.54) is 18.4 Å². The van der Waals surface area contributed by atoms with Crippen molar-refractivity contribution in [3.63, 3.8) is 0 Å². The molecule has 0 bridgehead atoms. The molecule has 0 aliphatic heterocycles. The number of aromatic hydroxyl groups is 1. The zero-order chi connectivity index (χ0) is 15.1. The zero-order valence-corrected chi connectivity index (χ0v) is 10.7. The number of hydrogen-bond donors (Lipinski definition) is 4. The van der Waals surface area contributed by atoms with E-state index in [4.69, 9.17) is 16.6 Å². The molecule has 1 rings (SSSR count). The second kappa shape index (κ2) is 7.25. The van der Waals surface area contributed by atoms with Gasteiger partial charge in [0, 0.05) is 0 Å². The molecule has 7 nitrogen and oxygen atoms in total. The fourth-order valence-corrected chi connectivity index (χ4v) is 1.58. The Morgan fingerprint density at radius 2 is 1.90 bits per heavy atom. The average molecular weight is 278 g/mol. The van der Waals surface area contributed by atoms with Crippen molar-refractivity contribution in [2.24, 2.45) is 11.5 Å². The van der Waals surface area contributed by atoms with Gasteiger partial charge in [-0.15, -0.1) is 0 Å². The summed E-state index contributed by atoms with van der Waals surface area (Å²) in [6.45, 7) is 0. The van der Waals surface area contributed by atoms with E-state index in [1.54, 1.807) is 12.1 Å². The number of benzene rings is 1. The number of phenols is 1. The lowest BCUT2D eigenvalue weighted by molar-refractivity contribution is -0.123. The van der Waals surface area contributed by atoms with Gasteiger partial charge >= 0.3 is 0 Å². The first-order chi connectivity index (χ1) is 9.42. The molecule has 0 aliphatic rings. The molecule has 0 heterocycles. The second-order valence-corrected chi connectivity index (χ2v) is 4.33. The lowest BCUT2D eigenvalue weighted by Crippen LogP contribution is -2.48. The van der Waals surface area contributed by atoms with Crippen molar-refractivity contribution in [1.82, 2.24) is 5.32 Å². The molecule has 0 spiro atoms. The SMILES string of the molecule is NC(=O)C[C@@H]([C]=O)NC(=O)[C@@H](N)Cc1ccc(O)cc1. The largest absolute Gasteiger partial charge is 0.508 e. The zero-order valence-electron chi connectivity index (χ0n) is 10.7. The smallest absolute Gasteiger partial charge is 0.237 e.